The third kappa shape index (κ3) is 4.50. The molecule has 0 radical (unpaired) electrons. The Balaban J connectivity index is 1.73. The quantitative estimate of drug-likeness (QED) is 0.868. The standard InChI is InChI=1S/C18H24N4O2/c1-24-13-16-11-17(23)21-18(20-16)15-5-3-14(4-6-15)12-22-9-2-7-19-8-10-22/h3-6,11,19H,2,7-10,12-13H2,1H3,(H,20,21,23). The van der Waals surface area contributed by atoms with E-state index >= 15 is 0 Å². The number of nitrogens with one attached hydrogen (secondary N) is 2. The van der Waals surface area contributed by atoms with Crippen LogP contribution in [0, 0.1) is 0 Å². The van der Waals surface area contributed by atoms with Gasteiger partial charge in [-0.1, -0.05) is 24.3 Å². The number of ether oxygens (including phenoxy) is 1. The van der Waals surface area contributed by atoms with Crippen molar-refractivity contribution in [2.24, 2.45) is 0 Å². The van der Waals surface area contributed by atoms with E-state index < -0.39 is 0 Å². The molecule has 2 aromatic rings. The van der Waals surface area contributed by atoms with Crippen LogP contribution in [0.5, 0.6) is 0 Å². The van der Waals surface area contributed by atoms with Crippen molar-refractivity contribution in [1.29, 1.82) is 0 Å². The van der Waals surface area contributed by atoms with Crippen molar-refractivity contribution in [3.8, 4) is 11.4 Å². The second-order valence-electron chi connectivity index (χ2n) is 6.09. The van der Waals surface area contributed by atoms with Gasteiger partial charge in [0.1, 0.15) is 5.82 Å². The van der Waals surface area contributed by atoms with Crippen LogP contribution in [0.4, 0.5) is 0 Å². The van der Waals surface area contributed by atoms with Crippen LogP contribution in [-0.4, -0.2) is 48.2 Å². The van der Waals surface area contributed by atoms with Gasteiger partial charge in [0.15, 0.2) is 0 Å². The molecule has 0 unspecified atom stereocenters. The normalized spacial score (nSPS) is 16.0. The van der Waals surface area contributed by atoms with E-state index in [0.717, 1.165) is 38.3 Å². The molecule has 2 heterocycles. The Labute approximate surface area is 141 Å². The molecule has 2 N–H and O–H groups in total. The van der Waals surface area contributed by atoms with E-state index in [2.05, 4.69) is 32.3 Å². The van der Waals surface area contributed by atoms with Gasteiger partial charge in [0.25, 0.3) is 5.56 Å². The first-order valence-corrected chi connectivity index (χ1v) is 8.36. The molecule has 24 heavy (non-hydrogen) atoms. The van der Waals surface area contributed by atoms with Gasteiger partial charge in [0.05, 0.1) is 12.3 Å². The lowest BCUT2D eigenvalue weighted by molar-refractivity contribution is 0.181. The maximum absolute atomic E-state index is 11.8. The molecule has 1 aliphatic rings. The number of H-pyrrole nitrogens is 1. The molecule has 1 aromatic heterocycles. The molecule has 0 bridgehead atoms. The minimum atomic E-state index is -0.159. The molecule has 0 aliphatic carbocycles. The Morgan fingerprint density at radius 1 is 1.21 bits per heavy atom. The van der Waals surface area contributed by atoms with Crippen LogP contribution in [0.3, 0.4) is 0 Å². The van der Waals surface area contributed by atoms with Gasteiger partial charge in [0.2, 0.25) is 0 Å². The summed E-state index contributed by atoms with van der Waals surface area (Å²) in [6.07, 6.45) is 1.19. The molecule has 0 saturated carbocycles. The predicted molar refractivity (Wildman–Crippen MR) is 93.8 cm³/mol. The highest BCUT2D eigenvalue weighted by atomic mass is 16.5. The summed E-state index contributed by atoms with van der Waals surface area (Å²) in [6, 6.07) is 9.71. The van der Waals surface area contributed by atoms with E-state index in [0.29, 0.717) is 18.1 Å². The van der Waals surface area contributed by atoms with Crippen LogP contribution in [0.25, 0.3) is 11.4 Å². The first-order valence-electron chi connectivity index (χ1n) is 8.36. The molecular weight excluding hydrogens is 304 g/mol. The zero-order chi connectivity index (χ0) is 16.8. The van der Waals surface area contributed by atoms with Crippen molar-refractivity contribution in [2.75, 3.05) is 33.3 Å². The molecule has 1 aromatic carbocycles. The van der Waals surface area contributed by atoms with Gasteiger partial charge in [-0.05, 0) is 25.1 Å². The van der Waals surface area contributed by atoms with Gasteiger partial charge >= 0.3 is 0 Å². The highest BCUT2D eigenvalue weighted by molar-refractivity contribution is 5.55. The number of hydrogen-bond donors (Lipinski definition) is 2. The lowest BCUT2D eigenvalue weighted by Gasteiger charge is -2.19. The fourth-order valence-electron chi connectivity index (χ4n) is 2.95. The zero-order valence-corrected chi connectivity index (χ0v) is 14.0. The lowest BCUT2D eigenvalue weighted by Crippen LogP contribution is -2.27. The number of nitrogens with zero attached hydrogens (tertiary/aromatic N) is 2. The summed E-state index contributed by atoms with van der Waals surface area (Å²) in [6.45, 7) is 5.65. The van der Waals surface area contributed by atoms with Crippen molar-refractivity contribution in [2.45, 2.75) is 19.6 Å². The molecule has 0 atom stereocenters. The predicted octanol–water partition coefficient (Wildman–Crippen LogP) is 1.38. The van der Waals surface area contributed by atoms with Gasteiger partial charge in [-0.3, -0.25) is 9.69 Å². The first-order chi connectivity index (χ1) is 11.7. The number of hydrogen-bond acceptors (Lipinski definition) is 5. The SMILES string of the molecule is COCc1cc(=O)[nH]c(-c2ccc(CN3CCCNCC3)cc2)n1. The van der Waals surface area contributed by atoms with E-state index in [1.54, 1.807) is 7.11 Å². The Morgan fingerprint density at radius 2 is 2.04 bits per heavy atom. The van der Waals surface area contributed by atoms with Crippen LogP contribution in [0.15, 0.2) is 35.1 Å². The fraction of sp³-hybridized carbons (Fsp3) is 0.444. The third-order valence-electron chi connectivity index (χ3n) is 4.15. The minimum absolute atomic E-state index is 0.159. The van der Waals surface area contributed by atoms with Crippen molar-refractivity contribution in [3.63, 3.8) is 0 Å². The second-order valence-corrected chi connectivity index (χ2v) is 6.09. The van der Waals surface area contributed by atoms with Crippen molar-refractivity contribution in [3.05, 3.63) is 51.9 Å². The number of rotatable bonds is 5. The number of methoxy groups -OCH3 is 1. The van der Waals surface area contributed by atoms with Crippen molar-refractivity contribution < 1.29 is 4.74 Å². The lowest BCUT2D eigenvalue weighted by atomic mass is 10.1. The molecule has 1 fully saturated rings. The first kappa shape index (κ1) is 16.8. The molecule has 6 heteroatoms. The van der Waals surface area contributed by atoms with Gasteiger partial charge in [0, 0.05) is 38.4 Å². The van der Waals surface area contributed by atoms with Crippen molar-refractivity contribution >= 4 is 0 Å². The molecule has 0 spiro atoms. The molecule has 128 valence electrons. The molecule has 6 nitrogen and oxygen atoms in total. The Kier molecular flexibility index (Phi) is 5.74. The van der Waals surface area contributed by atoms with Gasteiger partial charge in [-0.15, -0.1) is 0 Å². The van der Waals surface area contributed by atoms with E-state index in [9.17, 15) is 4.79 Å². The fourth-order valence-corrected chi connectivity index (χ4v) is 2.95. The Hall–Kier alpha value is -2.02. The summed E-state index contributed by atoms with van der Waals surface area (Å²) in [5.41, 5.74) is 2.66. The Morgan fingerprint density at radius 3 is 2.83 bits per heavy atom. The molecule has 1 aliphatic heterocycles. The Bertz CT molecular complexity index is 704. The van der Waals surface area contributed by atoms with Crippen LogP contribution >= 0.6 is 0 Å². The summed E-state index contributed by atoms with van der Waals surface area (Å²) >= 11 is 0. The maximum atomic E-state index is 11.8. The maximum Gasteiger partial charge on any atom is 0.251 e. The van der Waals surface area contributed by atoms with Gasteiger partial charge in [-0.2, -0.15) is 0 Å². The van der Waals surface area contributed by atoms with Gasteiger partial charge in [-0.25, -0.2) is 4.98 Å². The minimum Gasteiger partial charge on any atom is -0.378 e. The van der Waals surface area contributed by atoms with Crippen molar-refractivity contribution in [1.82, 2.24) is 20.2 Å². The number of aromatic nitrogens is 2. The largest absolute Gasteiger partial charge is 0.378 e. The average molecular weight is 328 g/mol. The summed E-state index contributed by atoms with van der Waals surface area (Å²) in [5, 5.41) is 3.42. The molecule has 0 amide bonds. The number of aromatic amines is 1. The zero-order valence-electron chi connectivity index (χ0n) is 14.0. The molecule has 1 saturated heterocycles. The highest BCUT2D eigenvalue weighted by Gasteiger charge is 2.09. The molecular formula is C18H24N4O2. The van der Waals surface area contributed by atoms with Gasteiger partial charge < -0.3 is 15.0 Å². The molecule has 3 rings (SSSR count). The topological polar surface area (TPSA) is 70.2 Å². The van der Waals surface area contributed by atoms with E-state index in [-0.39, 0.29) is 5.56 Å². The van der Waals surface area contributed by atoms with Crippen LogP contribution in [0.1, 0.15) is 17.7 Å². The van der Waals surface area contributed by atoms with E-state index in [1.165, 1.54) is 18.1 Å². The average Bonchev–Trinajstić information content (AvgIpc) is 2.84. The summed E-state index contributed by atoms with van der Waals surface area (Å²) in [5.74, 6) is 0.583. The highest BCUT2D eigenvalue weighted by Crippen LogP contribution is 2.16. The van der Waals surface area contributed by atoms with Crippen LogP contribution in [0.2, 0.25) is 0 Å². The monoisotopic (exact) mass is 328 g/mol. The summed E-state index contributed by atoms with van der Waals surface area (Å²) in [7, 11) is 1.59. The third-order valence-corrected chi connectivity index (χ3v) is 4.15. The number of benzene rings is 1. The second kappa shape index (κ2) is 8.19. The van der Waals surface area contributed by atoms with E-state index in [1.807, 2.05) is 12.1 Å². The summed E-state index contributed by atoms with van der Waals surface area (Å²) < 4.78 is 5.06. The smallest absolute Gasteiger partial charge is 0.251 e. The van der Waals surface area contributed by atoms with Crippen LogP contribution in [-0.2, 0) is 17.9 Å². The summed E-state index contributed by atoms with van der Waals surface area (Å²) in [4.78, 5) is 21.5. The van der Waals surface area contributed by atoms with E-state index in [4.69, 9.17) is 4.74 Å². The van der Waals surface area contributed by atoms with Crippen LogP contribution < -0.4 is 10.9 Å².